The average molecular weight is 324 g/mol. The molecule has 0 radical (unpaired) electrons. The van der Waals surface area contributed by atoms with Crippen molar-refractivity contribution in [2.75, 3.05) is 13.1 Å². The van der Waals surface area contributed by atoms with Gasteiger partial charge in [-0.15, -0.1) is 0 Å². The summed E-state index contributed by atoms with van der Waals surface area (Å²) in [5.41, 5.74) is 2.00. The van der Waals surface area contributed by atoms with E-state index in [1.54, 1.807) is 0 Å². The van der Waals surface area contributed by atoms with Crippen LogP contribution in [0.3, 0.4) is 0 Å². The number of piperidine rings is 1. The molecular formula is C17H26BrN. The van der Waals surface area contributed by atoms with Crippen molar-refractivity contribution in [2.24, 2.45) is 5.41 Å². The number of halogens is 1. The lowest BCUT2D eigenvalue weighted by molar-refractivity contribution is 0.136. The molecule has 1 aliphatic heterocycles. The van der Waals surface area contributed by atoms with Crippen molar-refractivity contribution in [3.63, 3.8) is 0 Å². The number of unbranched alkanes of at least 4 members (excludes halogenated alkanes) is 1. The van der Waals surface area contributed by atoms with Gasteiger partial charge in [0.25, 0.3) is 0 Å². The topological polar surface area (TPSA) is 12.0 Å². The number of hydrogen-bond acceptors (Lipinski definition) is 1. The van der Waals surface area contributed by atoms with E-state index in [0.717, 1.165) is 6.54 Å². The maximum atomic E-state index is 3.62. The first-order chi connectivity index (χ1) is 9.22. The van der Waals surface area contributed by atoms with E-state index in [1.165, 1.54) is 48.7 Å². The van der Waals surface area contributed by atoms with Gasteiger partial charge in [0.1, 0.15) is 0 Å². The lowest BCUT2D eigenvalue weighted by atomic mass is 9.64. The fourth-order valence-electron chi connectivity index (χ4n) is 3.60. The molecule has 1 N–H and O–H groups in total. The molecule has 2 unspecified atom stereocenters. The molecule has 2 heteroatoms. The Labute approximate surface area is 126 Å². The minimum Gasteiger partial charge on any atom is -0.316 e. The number of benzene rings is 1. The molecule has 0 bridgehead atoms. The highest BCUT2D eigenvalue weighted by atomic mass is 79.9. The largest absolute Gasteiger partial charge is 0.316 e. The van der Waals surface area contributed by atoms with Crippen LogP contribution in [0.5, 0.6) is 0 Å². The molecule has 106 valence electrons. The summed E-state index contributed by atoms with van der Waals surface area (Å²) in [5, 5.41) is 3.60. The van der Waals surface area contributed by atoms with Crippen molar-refractivity contribution in [1.29, 1.82) is 0 Å². The molecular weight excluding hydrogens is 298 g/mol. The Hall–Kier alpha value is -0.340. The fourth-order valence-corrected chi connectivity index (χ4v) is 4.01. The molecule has 0 amide bonds. The minimum absolute atomic E-state index is 0.502. The van der Waals surface area contributed by atoms with Crippen LogP contribution in [0.25, 0.3) is 0 Å². The molecule has 1 nitrogen and oxygen atoms in total. The van der Waals surface area contributed by atoms with Crippen LogP contribution in [0, 0.1) is 5.41 Å². The zero-order chi connectivity index (χ0) is 13.7. The van der Waals surface area contributed by atoms with Gasteiger partial charge in [0.2, 0.25) is 0 Å². The van der Waals surface area contributed by atoms with Crippen LogP contribution in [0.15, 0.2) is 28.7 Å². The minimum atomic E-state index is 0.502. The number of hydrogen-bond donors (Lipinski definition) is 1. The first-order valence-electron chi connectivity index (χ1n) is 7.68. The highest BCUT2D eigenvalue weighted by Gasteiger charge is 2.39. The monoisotopic (exact) mass is 323 g/mol. The molecule has 19 heavy (non-hydrogen) atoms. The Balaban J connectivity index is 2.27. The van der Waals surface area contributed by atoms with Gasteiger partial charge in [-0.25, -0.2) is 0 Å². The van der Waals surface area contributed by atoms with Crippen LogP contribution < -0.4 is 5.32 Å². The van der Waals surface area contributed by atoms with Gasteiger partial charge in [0.15, 0.2) is 0 Å². The first-order valence-corrected chi connectivity index (χ1v) is 8.47. The van der Waals surface area contributed by atoms with Gasteiger partial charge >= 0.3 is 0 Å². The summed E-state index contributed by atoms with van der Waals surface area (Å²) < 4.78 is 1.20. The second kappa shape index (κ2) is 6.90. The van der Waals surface area contributed by atoms with Gasteiger partial charge in [-0.3, -0.25) is 0 Å². The lowest BCUT2D eigenvalue weighted by Gasteiger charge is -2.45. The molecule has 1 aliphatic rings. The molecule has 1 saturated heterocycles. The van der Waals surface area contributed by atoms with Crippen molar-refractivity contribution >= 4 is 15.9 Å². The van der Waals surface area contributed by atoms with Crippen LogP contribution in [0.2, 0.25) is 0 Å². The molecule has 2 rings (SSSR count). The van der Waals surface area contributed by atoms with Gasteiger partial charge < -0.3 is 5.32 Å². The summed E-state index contributed by atoms with van der Waals surface area (Å²) in [7, 11) is 0. The molecule has 1 aromatic carbocycles. The molecule has 0 aliphatic carbocycles. The predicted octanol–water partition coefficient (Wildman–Crippen LogP) is 5.11. The second-order valence-electron chi connectivity index (χ2n) is 5.88. The van der Waals surface area contributed by atoms with Crippen LogP contribution >= 0.6 is 15.9 Å². The molecule has 1 fully saturated rings. The third kappa shape index (κ3) is 3.41. The van der Waals surface area contributed by atoms with E-state index < -0.39 is 0 Å². The van der Waals surface area contributed by atoms with Crippen LogP contribution in [0.4, 0.5) is 0 Å². The van der Waals surface area contributed by atoms with Gasteiger partial charge in [-0.1, -0.05) is 54.8 Å². The van der Waals surface area contributed by atoms with Crippen LogP contribution in [-0.4, -0.2) is 13.1 Å². The molecule has 1 aromatic rings. The highest BCUT2D eigenvalue weighted by Crippen LogP contribution is 2.47. The van der Waals surface area contributed by atoms with Gasteiger partial charge in [0, 0.05) is 16.9 Å². The Bertz CT molecular complexity index is 404. The smallest absolute Gasteiger partial charge is 0.0178 e. The normalized spacial score (nSPS) is 27.4. The van der Waals surface area contributed by atoms with E-state index in [9.17, 15) is 0 Å². The van der Waals surface area contributed by atoms with Crippen molar-refractivity contribution < 1.29 is 0 Å². The SMILES string of the molecule is CCCCC1(CC)CCNCC1c1cccc(Br)c1. The van der Waals surface area contributed by atoms with Crippen molar-refractivity contribution in [3.05, 3.63) is 34.3 Å². The van der Waals surface area contributed by atoms with E-state index in [1.807, 2.05) is 0 Å². The standard InChI is InChI=1S/C17H26BrN/c1-3-5-9-17(4-2)10-11-19-13-16(17)14-7-6-8-15(18)12-14/h6-8,12,16,19H,3-5,9-11,13H2,1-2H3. The Morgan fingerprint density at radius 1 is 1.37 bits per heavy atom. The van der Waals surface area contributed by atoms with Crippen molar-refractivity contribution in [2.45, 2.75) is 51.9 Å². The van der Waals surface area contributed by atoms with Crippen LogP contribution in [0.1, 0.15) is 57.4 Å². The maximum absolute atomic E-state index is 3.62. The molecule has 2 atom stereocenters. The summed E-state index contributed by atoms with van der Waals surface area (Å²) >= 11 is 3.62. The third-order valence-corrected chi connectivity index (χ3v) is 5.36. The van der Waals surface area contributed by atoms with E-state index in [4.69, 9.17) is 0 Å². The zero-order valence-electron chi connectivity index (χ0n) is 12.2. The number of nitrogens with one attached hydrogen (secondary N) is 1. The molecule has 1 heterocycles. The molecule has 0 aromatic heterocycles. The first kappa shape index (κ1) is 15.1. The Morgan fingerprint density at radius 2 is 2.21 bits per heavy atom. The van der Waals surface area contributed by atoms with Gasteiger partial charge in [-0.05, 0) is 48.9 Å². The van der Waals surface area contributed by atoms with Crippen molar-refractivity contribution in [3.8, 4) is 0 Å². The number of rotatable bonds is 5. The predicted molar refractivity (Wildman–Crippen MR) is 86.6 cm³/mol. The van der Waals surface area contributed by atoms with Crippen LogP contribution in [-0.2, 0) is 0 Å². The van der Waals surface area contributed by atoms with Gasteiger partial charge in [-0.2, -0.15) is 0 Å². The second-order valence-corrected chi connectivity index (χ2v) is 6.80. The quantitative estimate of drug-likeness (QED) is 0.793. The lowest BCUT2D eigenvalue weighted by Crippen LogP contribution is -2.43. The maximum Gasteiger partial charge on any atom is 0.0178 e. The van der Waals surface area contributed by atoms with Gasteiger partial charge in [0.05, 0.1) is 0 Å². The summed E-state index contributed by atoms with van der Waals surface area (Å²) in [6.45, 7) is 7.00. The average Bonchev–Trinajstić information content (AvgIpc) is 2.45. The van der Waals surface area contributed by atoms with E-state index in [-0.39, 0.29) is 0 Å². The highest BCUT2D eigenvalue weighted by molar-refractivity contribution is 9.10. The summed E-state index contributed by atoms with van der Waals surface area (Å²) in [5.74, 6) is 0.662. The third-order valence-electron chi connectivity index (χ3n) is 4.87. The summed E-state index contributed by atoms with van der Waals surface area (Å²) in [4.78, 5) is 0. The summed E-state index contributed by atoms with van der Waals surface area (Å²) in [6, 6.07) is 8.92. The summed E-state index contributed by atoms with van der Waals surface area (Å²) in [6.07, 6.45) is 6.66. The van der Waals surface area contributed by atoms with Crippen molar-refractivity contribution in [1.82, 2.24) is 5.32 Å². The van der Waals surface area contributed by atoms with E-state index >= 15 is 0 Å². The fraction of sp³-hybridized carbons (Fsp3) is 0.647. The van der Waals surface area contributed by atoms with E-state index in [0.29, 0.717) is 11.3 Å². The Morgan fingerprint density at radius 3 is 2.89 bits per heavy atom. The molecule has 0 saturated carbocycles. The Kier molecular flexibility index (Phi) is 5.47. The van der Waals surface area contributed by atoms with E-state index in [2.05, 4.69) is 59.4 Å². The zero-order valence-corrected chi connectivity index (χ0v) is 13.8. The molecule has 0 spiro atoms.